The first kappa shape index (κ1) is 15.1. The van der Waals surface area contributed by atoms with Crippen LogP contribution in [-0.2, 0) is 16.6 Å². The van der Waals surface area contributed by atoms with Crippen molar-refractivity contribution >= 4 is 21.4 Å². The van der Waals surface area contributed by atoms with Crippen LogP contribution in [0.2, 0.25) is 0 Å². The number of aromatic nitrogens is 1. The zero-order chi connectivity index (χ0) is 15.4. The van der Waals surface area contributed by atoms with Crippen molar-refractivity contribution in [1.29, 1.82) is 0 Å². The van der Waals surface area contributed by atoms with Crippen molar-refractivity contribution in [2.75, 3.05) is 13.1 Å². The van der Waals surface area contributed by atoms with Crippen LogP contribution in [0.3, 0.4) is 0 Å². The lowest BCUT2D eigenvalue weighted by atomic mass is 9.65. The lowest BCUT2D eigenvalue weighted by Gasteiger charge is -2.45. The van der Waals surface area contributed by atoms with Crippen molar-refractivity contribution in [3.05, 3.63) is 16.1 Å². The Bertz CT molecular complexity index is 660. The minimum Gasteiger partial charge on any atom is -0.296 e. The van der Waals surface area contributed by atoms with Gasteiger partial charge in [0.25, 0.3) is 0 Å². The highest BCUT2D eigenvalue weighted by Crippen LogP contribution is 2.49. The summed E-state index contributed by atoms with van der Waals surface area (Å²) in [5.41, 5.74) is 1.45. The van der Waals surface area contributed by atoms with E-state index in [0.717, 1.165) is 51.0 Å². The predicted molar refractivity (Wildman–Crippen MR) is 87.3 cm³/mol. The Morgan fingerprint density at radius 1 is 1.45 bits per heavy atom. The molecule has 1 saturated heterocycles. The third kappa shape index (κ3) is 2.96. The number of thiazole rings is 1. The van der Waals surface area contributed by atoms with E-state index in [4.69, 9.17) is 0 Å². The monoisotopic (exact) mass is 341 g/mol. The first-order chi connectivity index (χ1) is 10.4. The molecular weight excluding hydrogens is 318 g/mol. The average molecular weight is 342 g/mol. The van der Waals surface area contributed by atoms with Gasteiger partial charge >= 0.3 is 0 Å². The van der Waals surface area contributed by atoms with Gasteiger partial charge in [0.2, 0.25) is 10.0 Å². The lowest BCUT2D eigenvalue weighted by Crippen LogP contribution is -2.52. The van der Waals surface area contributed by atoms with Crippen molar-refractivity contribution in [3.8, 4) is 0 Å². The first-order valence-corrected chi connectivity index (χ1v) is 10.5. The molecule has 1 aromatic heterocycles. The minimum atomic E-state index is -3.02. The second-order valence-corrected chi connectivity index (χ2v) is 10.2. The first-order valence-electron chi connectivity index (χ1n) is 8.09. The Labute approximate surface area is 136 Å². The fraction of sp³-hybridized carbons (Fsp3) is 0.800. The molecule has 3 aliphatic rings. The van der Waals surface area contributed by atoms with E-state index in [1.54, 1.807) is 11.3 Å². The number of hydrogen-bond acceptors (Lipinski definition) is 5. The van der Waals surface area contributed by atoms with E-state index < -0.39 is 10.0 Å². The van der Waals surface area contributed by atoms with Crippen LogP contribution < -0.4 is 4.72 Å². The van der Waals surface area contributed by atoms with Crippen LogP contribution in [0.4, 0.5) is 0 Å². The van der Waals surface area contributed by atoms with E-state index in [0.29, 0.717) is 5.41 Å². The fourth-order valence-electron chi connectivity index (χ4n) is 3.94. The highest BCUT2D eigenvalue weighted by Gasteiger charge is 2.50. The maximum Gasteiger partial charge on any atom is 0.214 e. The van der Waals surface area contributed by atoms with E-state index >= 15 is 0 Å². The molecule has 0 atom stereocenters. The molecule has 1 aliphatic heterocycles. The zero-order valence-corrected chi connectivity index (χ0v) is 14.5. The topological polar surface area (TPSA) is 62.3 Å². The predicted octanol–water partition coefficient (Wildman–Crippen LogP) is 1.89. The maximum absolute atomic E-state index is 12.0. The number of nitrogens with one attached hydrogen (secondary N) is 1. The Hall–Kier alpha value is -0.500. The quantitative estimate of drug-likeness (QED) is 0.888. The summed E-state index contributed by atoms with van der Waals surface area (Å²) in [7, 11) is -3.02. The zero-order valence-electron chi connectivity index (χ0n) is 12.9. The fourth-order valence-corrected chi connectivity index (χ4v) is 6.33. The summed E-state index contributed by atoms with van der Waals surface area (Å²) in [5, 5.41) is 3.20. The molecule has 0 aromatic carbocycles. The van der Waals surface area contributed by atoms with Crippen molar-refractivity contribution in [3.63, 3.8) is 0 Å². The summed E-state index contributed by atoms with van der Waals surface area (Å²) in [4.78, 5) is 7.02. The molecule has 2 saturated carbocycles. The second-order valence-electron chi connectivity index (χ2n) is 7.31. The molecule has 2 heterocycles. The Kier molecular flexibility index (Phi) is 3.60. The third-order valence-electron chi connectivity index (χ3n) is 5.20. The summed E-state index contributed by atoms with van der Waals surface area (Å²) in [6.45, 7) is 5.18. The van der Waals surface area contributed by atoms with Crippen LogP contribution in [0.1, 0.15) is 42.8 Å². The van der Waals surface area contributed by atoms with Crippen molar-refractivity contribution in [1.82, 2.24) is 14.6 Å². The van der Waals surface area contributed by atoms with Gasteiger partial charge in [-0.15, -0.1) is 11.3 Å². The van der Waals surface area contributed by atoms with Crippen molar-refractivity contribution < 1.29 is 8.42 Å². The van der Waals surface area contributed by atoms with Gasteiger partial charge in [-0.3, -0.25) is 4.90 Å². The summed E-state index contributed by atoms with van der Waals surface area (Å²) >= 11 is 1.74. The van der Waals surface area contributed by atoms with Crippen molar-refractivity contribution in [2.24, 2.45) is 5.41 Å². The maximum atomic E-state index is 12.0. The molecule has 1 aromatic rings. The molecular formula is C15H23N3O2S2. The summed E-state index contributed by atoms with van der Waals surface area (Å²) < 4.78 is 26.9. The number of sulfonamides is 1. The largest absolute Gasteiger partial charge is 0.296 e. The third-order valence-corrected chi connectivity index (χ3v) is 8.16. The molecule has 22 heavy (non-hydrogen) atoms. The molecule has 0 amide bonds. The minimum absolute atomic E-state index is 0.0998. The molecule has 1 N–H and O–H groups in total. The number of rotatable bonds is 5. The Morgan fingerprint density at radius 3 is 2.86 bits per heavy atom. The van der Waals surface area contributed by atoms with Gasteiger partial charge in [-0.25, -0.2) is 18.1 Å². The average Bonchev–Trinajstić information content (AvgIpc) is 3.09. The van der Waals surface area contributed by atoms with Gasteiger partial charge in [0.15, 0.2) is 0 Å². The van der Waals surface area contributed by atoms with Crippen LogP contribution in [-0.4, -0.2) is 42.7 Å². The van der Waals surface area contributed by atoms with Gasteiger partial charge in [0.1, 0.15) is 5.01 Å². The number of likely N-dealkylation sites (tertiary alicyclic amines) is 1. The summed E-state index contributed by atoms with van der Waals surface area (Å²) in [6, 6.07) is 0.174. The van der Waals surface area contributed by atoms with Gasteiger partial charge in [0, 0.05) is 23.7 Å². The molecule has 1 spiro atoms. The molecule has 0 radical (unpaired) electrons. The van der Waals surface area contributed by atoms with Crippen LogP contribution in [0.25, 0.3) is 0 Å². The van der Waals surface area contributed by atoms with Crippen LogP contribution in [0.5, 0.6) is 0 Å². The molecule has 2 aliphatic carbocycles. The lowest BCUT2D eigenvalue weighted by molar-refractivity contribution is 0.101. The standard InChI is InChI=1S/C15H23N3O2S2/c1-11-9-21-14(16-11)8-18-5-4-15(10-18)6-12(7-15)17-22(19,20)13-2-3-13/h9,12-13,17H,2-8,10H2,1H3. The molecule has 4 rings (SSSR count). The van der Waals surface area contributed by atoms with Crippen molar-refractivity contribution in [2.45, 2.75) is 56.9 Å². The van der Waals surface area contributed by atoms with E-state index in [9.17, 15) is 8.42 Å². The Balaban J connectivity index is 1.29. The second kappa shape index (κ2) is 5.26. The molecule has 3 fully saturated rings. The van der Waals surface area contributed by atoms with Gasteiger partial charge in [-0.1, -0.05) is 0 Å². The SMILES string of the molecule is Cc1csc(CN2CCC3(CC(NS(=O)(=O)C4CC4)C3)C2)n1. The normalized spacial score (nSPS) is 32.5. The van der Waals surface area contributed by atoms with Crippen LogP contribution in [0, 0.1) is 12.3 Å². The van der Waals surface area contributed by atoms with Gasteiger partial charge in [0.05, 0.1) is 11.8 Å². The number of nitrogens with zero attached hydrogens (tertiary/aromatic N) is 2. The van der Waals surface area contributed by atoms with Crippen LogP contribution in [0.15, 0.2) is 5.38 Å². The molecule has 0 unspecified atom stereocenters. The van der Waals surface area contributed by atoms with E-state index in [2.05, 4.69) is 20.0 Å². The van der Waals surface area contributed by atoms with Gasteiger partial charge < -0.3 is 0 Å². The summed E-state index contributed by atoms with van der Waals surface area (Å²) in [5.74, 6) is 0. The van der Waals surface area contributed by atoms with Gasteiger partial charge in [-0.2, -0.15) is 0 Å². The number of hydrogen-bond donors (Lipinski definition) is 1. The molecule has 7 heteroatoms. The molecule has 122 valence electrons. The van der Waals surface area contributed by atoms with Gasteiger partial charge in [-0.05, 0) is 51.0 Å². The van der Waals surface area contributed by atoms with E-state index in [1.165, 1.54) is 11.4 Å². The Morgan fingerprint density at radius 2 is 2.23 bits per heavy atom. The molecule has 0 bridgehead atoms. The number of aryl methyl sites for hydroxylation is 1. The highest BCUT2D eigenvalue weighted by molar-refractivity contribution is 7.90. The highest BCUT2D eigenvalue weighted by atomic mass is 32.2. The smallest absolute Gasteiger partial charge is 0.214 e. The summed E-state index contributed by atoms with van der Waals surface area (Å²) in [6.07, 6.45) is 4.89. The molecule has 5 nitrogen and oxygen atoms in total. The van der Waals surface area contributed by atoms with E-state index in [1.807, 2.05) is 6.92 Å². The van der Waals surface area contributed by atoms with E-state index in [-0.39, 0.29) is 11.3 Å². The van der Waals surface area contributed by atoms with Crippen LogP contribution >= 0.6 is 11.3 Å².